The molecule has 2 aromatic rings. The molecule has 25 heavy (non-hydrogen) atoms. The maximum Gasteiger partial charge on any atom is 0.230 e. The highest BCUT2D eigenvalue weighted by atomic mass is 79.9. The minimum absolute atomic E-state index is 0.0588. The van der Waals surface area contributed by atoms with Crippen molar-refractivity contribution in [2.45, 2.75) is 24.5 Å². The van der Waals surface area contributed by atoms with E-state index in [-0.39, 0.29) is 41.8 Å². The zero-order valence-electron chi connectivity index (χ0n) is 13.3. The van der Waals surface area contributed by atoms with E-state index in [0.717, 1.165) is 17.3 Å². The molecule has 1 aromatic carbocycles. The lowest BCUT2D eigenvalue weighted by molar-refractivity contribution is -0.118. The molecule has 1 unspecified atom stereocenters. The molecule has 0 bridgehead atoms. The van der Waals surface area contributed by atoms with E-state index in [1.165, 1.54) is 6.07 Å². The van der Waals surface area contributed by atoms with Gasteiger partial charge < -0.3 is 15.8 Å². The third kappa shape index (κ3) is 5.91. The summed E-state index contributed by atoms with van der Waals surface area (Å²) in [6.45, 7) is 1.74. The number of rotatable bonds is 8. The molecule has 1 atom stereocenters. The molecule has 0 saturated carbocycles. The molecular weight excluding hydrogens is 415 g/mol. The van der Waals surface area contributed by atoms with Crippen molar-refractivity contribution in [1.82, 2.24) is 15.6 Å². The molecule has 1 heterocycles. The van der Waals surface area contributed by atoms with E-state index in [1.54, 1.807) is 19.1 Å². The molecule has 0 aliphatic rings. The van der Waals surface area contributed by atoms with Crippen LogP contribution in [0.3, 0.4) is 0 Å². The van der Waals surface area contributed by atoms with Crippen LogP contribution in [-0.4, -0.2) is 45.4 Å². The van der Waals surface area contributed by atoms with Gasteiger partial charge in [0.15, 0.2) is 10.7 Å². The van der Waals surface area contributed by atoms with Gasteiger partial charge in [0, 0.05) is 13.0 Å². The van der Waals surface area contributed by atoms with Crippen molar-refractivity contribution in [3.8, 4) is 0 Å². The van der Waals surface area contributed by atoms with Crippen molar-refractivity contribution in [3.05, 3.63) is 39.7 Å². The number of thioether (sulfide) groups is 1. The van der Waals surface area contributed by atoms with Crippen LogP contribution in [-0.2, 0) is 11.2 Å². The van der Waals surface area contributed by atoms with Crippen molar-refractivity contribution in [3.63, 3.8) is 0 Å². The van der Waals surface area contributed by atoms with Crippen molar-refractivity contribution in [1.29, 1.82) is 5.41 Å². The summed E-state index contributed by atoms with van der Waals surface area (Å²) in [5.74, 6) is -0.588. The Balaban J connectivity index is 1.96. The fraction of sp³-hybridized carbons (Fsp3) is 0.333. The summed E-state index contributed by atoms with van der Waals surface area (Å²) in [5.41, 5.74) is 1.12. The third-order valence-electron chi connectivity index (χ3n) is 3.04. The Hall–Kier alpha value is -1.78. The molecule has 7 nitrogen and oxygen atoms in total. The molecule has 0 spiro atoms. The summed E-state index contributed by atoms with van der Waals surface area (Å²) < 4.78 is 18.3. The average Bonchev–Trinajstić information content (AvgIpc) is 3.03. The number of hydrogen-bond acceptors (Lipinski definition) is 7. The second-order valence-corrected chi connectivity index (χ2v) is 7.08. The van der Waals surface area contributed by atoms with Crippen molar-refractivity contribution < 1.29 is 18.9 Å². The Labute approximate surface area is 156 Å². The highest BCUT2D eigenvalue weighted by Gasteiger charge is 2.18. The quantitative estimate of drug-likeness (QED) is 0.436. The van der Waals surface area contributed by atoms with Crippen molar-refractivity contribution >= 4 is 39.3 Å². The summed E-state index contributed by atoms with van der Waals surface area (Å²) in [5, 5.41) is 27.6. The number of aromatic nitrogens is 2. The number of halogens is 2. The second-order valence-electron chi connectivity index (χ2n) is 5.26. The lowest BCUT2D eigenvalue weighted by Crippen LogP contribution is -2.31. The predicted molar refractivity (Wildman–Crippen MR) is 94.3 cm³/mol. The van der Waals surface area contributed by atoms with Gasteiger partial charge in [-0.25, -0.2) is 9.02 Å². The molecule has 0 aliphatic carbocycles. The van der Waals surface area contributed by atoms with E-state index in [2.05, 4.69) is 36.2 Å². The van der Waals surface area contributed by atoms with Gasteiger partial charge in [-0.05, 0) is 50.9 Å². The van der Waals surface area contributed by atoms with E-state index in [0.29, 0.717) is 9.50 Å². The summed E-state index contributed by atoms with van der Waals surface area (Å²) in [7, 11) is 0. The van der Waals surface area contributed by atoms with Gasteiger partial charge in [0.1, 0.15) is 5.82 Å². The molecule has 2 rings (SSSR count). The number of aliphatic hydroxyl groups excluding tert-OH is 1. The molecule has 134 valence electrons. The zero-order chi connectivity index (χ0) is 18.4. The van der Waals surface area contributed by atoms with Crippen LogP contribution in [0.25, 0.3) is 0 Å². The van der Waals surface area contributed by atoms with Gasteiger partial charge in [0.2, 0.25) is 5.91 Å². The van der Waals surface area contributed by atoms with Crippen LogP contribution in [0.5, 0.6) is 0 Å². The SMILES string of the molecule is CC(O)CNC(=O)CSc1nonc1C(=N)Cc1ccc(F)c(Br)c1. The van der Waals surface area contributed by atoms with Gasteiger partial charge in [-0.1, -0.05) is 17.8 Å². The van der Waals surface area contributed by atoms with Crippen molar-refractivity contribution in [2.75, 3.05) is 12.3 Å². The number of nitrogens with zero attached hydrogens (tertiary/aromatic N) is 2. The van der Waals surface area contributed by atoms with E-state index >= 15 is 0 Å². The summed E-state index contributed by atoms with van der Waals surface area (Å²) in [6, 6.07) is 4.49. The highest BCUT2D eigenvalue weighted by Crippen LogP contribution is 2.22. The number of aliphatic hydroxyl groups is 1. The number of carbonyl (C=O) groups excluding carboxylic acids is 1. The summed E-state index contributed by atoms with van der Waals surface area (Å²) >= 11 is 4.19. The molecule has 0 radical (unpaired) electrons. The third-order valence-corrected chi connectivity index (χ3v) is 4.60. The fourth-order valence-electron chi connectivity index (χ4n) is 1.84. The Bertz CT molecular complexity index is 769. The molecule has 0 aliphatic heterocycles. The molecule has 0 saturated heterocycles. The molecule has 1 amide bonds. The zero-order valence-corrected chi connectivity index (χ0v) is 15.7. The van der Waals surface area contributed by atoms with E-state index in [9.17, 15) is 9.18 Å². The predicted octanol–water partition coefficient (Wildman–Crippen LogP) is 2.17. The highest BCUT2D eigenvalue weighted by molar-refractivity contribution is 9.10. The topological polar surface area (TPSA) is 112 Å². The van der Waals surface area contributed by atoms with Gasteiger partial charge in [-0.2, -0.15) is 0 Å². The lowest BCUT2D eigenvalue weighted by atomic mass is 10.1. The monoisotopic (exact) mass is 430 g/mol. The Kier molecular flexibility index (Phi) is 7.09. The van der Waals surface area contributed by atoms with Crippen LogP contribution in [0.15, 0.2) is 32.3 Å². The Morgan fingerprint density at radius 3 is 2.96 bits per heavy atom. The van der Waals surface area contributed by atoms with Crippen LogP contribution in [0.1, 0.15) is 18.2 Å². The number of benzene rings is 1. The number of hydrogen-bond donors (Lipinski definition) is 3. The molecule has 0 fully saturated rings. The first-order valence-electron chi connectivity index (χ1n) is 7.28. The molecule has 10 heteroatoms. The minimum Gasteiger partial charge on any atom is -0.392 e. The Morgan fingerprint density at radius 2 is 2.28 bits per heavy atom. The van der Waals surface area contributed by atoms with Gasteiger partial charge in [-0.3, -0.25) is 4.79 Å². The van der Waals surface area contributed by atoms with Crippen LogP contribution >= 0.6 is 27.7 Å². The summed E-state index contributed by atoms with van der Waals surface area (Å²) in [4.78, 5) is 11.7. The average molecular weight is 431 g/mol. The van der Waals surface area contributed by atoms with Gasteiger partial charge in [0.05, 0.1) is 22.0 Å². The molecule has 3 N–H and O–H groups in total. The van der Waals surface area contributed by atoms with Gasteiger partial charge >= 0.3 is 0 Å². The first-order chi connectivity index (χ1) is 11.9. The first-order valence-corrected chi connectivity index (χ1v) is 9.06. The van der Waals surface area contributed by atoms with Crippen LogP contribution in [0, 0.1) is 11.2 Å². The normalized spacial score (nSPS) is 12.0. The van der Waals surface area contributed by atoms with E-state index < -0.39 is 6.10 Å². The largest absolute Gasteiger partial charge is 0.392 e. The fourth-order valence-corrected chi connectivity index (χ4v) is 3.02. The standard InChI is InChI=1S/C15H16BrFN4O3S/c1-8(22)6-19-13(23)7-25-15-14(20-24-21-15)12(18)5-9-2-3-11(17)10(16)4-9/h2-4,8,18,22H,5-7H2,1H3,(H,19,23). The van der Waals surface area contributed by atoms with Gasteiger partial charge in [-0.15, -0.1) is 0 Å². The second kappa shape index (κ2) is 9.07. The van der Waals surface area contributed by atoms with Gasteiger partial charge in [0.25, 0.3) is 0 Å². The molecular formula is C15H16BrFN4O3S. The lowest BCUT2D eigenvalue weighted by Gasteiger charge is -2.06. The van der Waals surface area contributed by atoms with Crippen LogP contribution in [0.2, 0.25) is 0 Å². The van der Waals surface area contributed by atoms with Crippen LogP contribution < -0.4 is 5.32 Å². The van der Waals surface area contributed by atoms with Crippen molar-refractivity contribution in [2.24, 2.45) is 0 Å². The molecule has 1 aromatic heterocycles. The number of amides is 1. The Morgan fingerprint density at radius 1 is 1.52 bits per heavy atom. The van der Waals surface area contributed by atoms with Crippen LogP contribution in [0.4, 0.5) is 4.39 Å². The number of carbonyl (C=O) groups is 1. The maximum atomic E-state index is 13.3. The maximum absolute atomic E-state index is 13.3. The minimum atomic E-state index is -0.624. The van der Waals surface area contributed by atoms with E-state index in [1.807, 2.05) is 0 Å². The first kappa shape index (κ1) is 19.5. The summed E-state index contributed by atoms with van der Waals surface area (Å²) in [6.07, 6.45) is -0.407. The number of nitrogens with one attached hydrogen (secondary N) is 2. The smallest absolute Gasteiger partial charge is 0.230 e. The van der Waals surface area contributed by atoms with E-state index in [4.69, 9.17) is 10.5 Å².